The van der Waals surface area contributed by atoms with Crippen molar-refractivity contribution in [3.05, 3.63) is 18.2 Å². The monoisotopic (exact) mass is 151 g/mol. The maximum atomic E-state index is 6.06. The lowest BCUT2D eigenvalue weighted by Gasteiger charge is -2.36. The van der Waals surface area contributed by atoms with E-state index in [9.17, 15) is 0 Å². The van der Waals surface area contributed by atoms with E-state index in [2.05, 4.69) is 4.98 Å². The number of rotatable bonds is 1. The van der Waals surface area contributed by atoms with E-state index < -0.39 is 0 Å². The van der Waals surface area contributed by atoms with Gasteiger partial charge in [-0.15, -0.1) is 0 Å². The molecule has 1 fully saturated rings. The summed E-state index contributed by atoms with van der Waals surface area (Å²) in [6, 6.07) is 0. The predicted octanol–water partition coefficient (Wildman–Crippen LogP) is 0.758. The van der Waals surface area contributed by atoms with Crippen LogP contribution in [0.4, 0.5) is 0 Å². The van der Waals surface area contributed by atoms with E-state index in [4.69, 9.17) is 5.73 Å². The van der Waals surface area contributed by atoms with Crippen LogP contribution in [-0.4, -0.2) is 9.55 Å². The Kier molecular flexibility index (Phi) is 1.29. The third kappa shape index (κ3) is 0.959. The largest absolute Gasteiger partial charge is 0.340 e. The molecule has 60 valence electrons. The predicted molar refractivity (Wildman–Crippen MR) is 42.9 cm³/mol. The van der Waals surface area contributed by atoms with Crippen LogP contribution >= 0.6 is 0 Å². The van der Waals surface area contributed by atoms with Crippen LogP contribution in [0.2, 0.25) is 0 Å². The van der Waals surface area contributed by atoms with Gasteiger partial charge in [0.05, 0.1) is 17.6 Å². The highest BCUT2D eigenvalue weighted by Crippen LogP contribution is 2.37. The summed E-state index contributed by atoms with van der Waals surface area (Å²) >= 11 is 0. The van der Waals surface area contributed by atoms with E-state index in [1.54, 1.807) is 0 Å². The van der Waals surface area contributed by atoms with Gasteiger partial charge in [0.1, 0.15) is 0 Å². The van der Waals surface area contributed by atoms with Gasteiger partial charge >= 0.3 is 0 Å². The van der Waals surface area contributed by atoms with E-state index in [0.29, 0.717) is 0 Å². The van der Waals surface area contributed by atoms with E-state index in [1.165, 1.54) is 6.42 Å². The second kappa shape index (κ2) is 2.08. The van der Waals surface area contributed by atoms with Crippen molar-refractivity contribution in [3.63, 3.8) is 0 Å². The maximum absolute atomic E-state index is 6.06. The van der Waals surface area contributed by atoms with Crippen molar-refractivity contribution in [2.24, 2.45) is 12.8 Å². The zero-order chi connectivity index (χ0) is 7.90. The third-order valence-corrected chi connectivity index (χ3v) is 2.46. The fourth-order valence-electron chi connectivity index (χ4n) is 1.48. The Labute approximate surface area is 66.2 Å². The summed E-state index contributed by atoms with van der Waals surface area (Å²) in [4.78, 5) is 4.25. The van der Waals surface area contributed by atoms with Gasteiger partial charge in [-0.1, -0.05) is 0 Å². The first-order valence-corrected chi connectivity index (χ1v) is 3.98. The lowest BCUT2D eigenvalue weighted by Crippen LogP contribution is -2.43. The highest BCUT2D eigenvalue weighted by Gasteiger charge is 2.36. The first-order valence-electron chi connectivity index (χ1n) is 3.98. The molecule has 0 amide bonds. The van der Waals surface area contributed by atoms with E-state index in [0.717, 1.165) is 18.5 Å². The molecule has 0 atom stereocenters. The zero-order valence-corrected chi connectivity index (χ0v) is 6.75. The van der Waals surface area contributed by atoms with Crippen LogP contribution < -0.4 is 5.73 Å². The smallest absolute Gasteiger partial charge is 0.0947 e. The Morgan fingerprint density at radius 3 is 2.73 bits per heavy atom. The van der Waals surface area contributed by atoms with Gasteiger partial charge in [-0.05, 0) is 19.3 Å². The van der Waals surface area contributed by atoms with Crippen LogP contribution in [0.15, 0.2) is 12.5 Å². The molecule has 2 N–H and O–H groups in total. The van der Waals surface area contributed by atoms with Crippen LogP contribution in [0.3, 0.4) is 0 Å². The van der Waals surface area contributed by atoms with Crippen molar-refractivity contribution in [2.75, 3.05) is 0 Å². The van der Waals surface area contributed by atoms with Crippen molar-refractivity contribution in [1.29, 1.82) is 0 Å². The van der Waals surface area contributed by atoms with Crippen LogP contribution in [0.5, 0.6) is 0 Å². The second-order valence-electron chi connectivity index (χ2n) is 3.43. The molecule has 1 aromatic rings. The molecule has 1 aliphatic carbocycles. The van der Waals surface area contributed by atoms with E-state index in [-0.39, 0.29) is 5.54 Å². The molecule has 1 aliphatic rings. The standard InChI is InChI=1S/C8H13N3/c1-11-5-7(10-6-11)8(9)3-2-4-8/h5-6H,2-4,9H2,1H3. The third-order valence-electron chi connectivity index (χ3n) is 2.46. The Morgan fingerprint density at radius 1 is 1.64 bits per heavy atom. The van der Waals surface area contributed by atoms with Crippen molar-refractivity contribution < 1.29 is 0 Å². The molecule has 0 aliphatic heterocycles. The highest BCUT2D eigenvalue weighted by molar-refractivity contribution is 5.15. The van der Waals surface area contributed by atoms with E-state index >= 15 is 0 Å². The lowest BCUT2D eigenvalue weighted by atomic mass is 9.76. The molecule has 2 rings (SSSR count). The Hall–Kier alpha value is -0.830. The lowest BCUT2D eigenvalue weighted by molar-refractivity contribution is 0.247. The second-order valence-corrected chi connectivity index (χ2v) is 3.43. The zero-order valence-electron chi connectivity index (χ0n) is 6.75. The summed E-state index contributed by atoms with van der Waals surface area (Å²) in [5, 5.41) is 0. The summed E-state index contributed by atoms with van der Waals surface area (Å²) in [5.74, 6) is 0. The van der Waals surface area contributed by atoms with Crippen molar-refractivity contribution >= 4 is 0 Å². The number of aryl methyl sites for hydroxylation is 1. The van der Waals surface area contributed by atoms with Gasteiger partial charge in [0.25, 0.3) is 0 Å². The number of hydrogen-bond donors (Lipinski definition) is 1. The van der Waals surface area contributed by atoms with Crippen molar-refractivity contribution in [2.45, 2.75) is 24.8 Å². The van der Waals surface area contributed by atoms with Crippen LogP contribution in [0.25, 0.3) is 0 Å². The van der Waals surface area contributed by atoms with Gasteiger partial charge in [-0.2, -0.15) is 0 Å². The van der Waals surface area contributed by atoms with Crippen LogP contribution in [0.1, 0.15) is 25.0 Å². The van der Waals surface area contributed by atoms with Crippen molar-refractivity contribution in [3.8, 4) is 0 Å². The molecular formula is C8H13N3. The van der Waals surface area contributed by atoms with Gasteiger partial charge in [-0.3, -0.25) is 0 Å². The number of nitrogens with two attached hydrogens (primary N) is 1. The quantitative estimate of drug-likeness (QED) is 0.644. The summed E-state index contributed by atoms with van der Waals surface area (Å²) in [7, 11) is 1.97. The van der Waals surface area contributed by atoms with Gasteiger partial charge in [0.2, 0.25) is 0 Å². The SMILES string of the molecule is Cn1cnc(C2(N)CCC2)c1. The molecule has 1 aromatic heterocycles. The summed E-state index contributed by atoms with van der Waals surface area (Å²) in [5.41, 5.74) is 7.01. The minimum absolute atomic E-state index is 0.0960. The fraction of sp³-hybridized carbons (Fsp3) is 0.625. The van der Waals surface area contributed by atoms with Gasteiger partial charge < -0.3 is 10.3 Å². The molecule has 0 bridgehead atoms. The fourth-order valence-corrected chi connectivity index (χ4v) is 1.48. The Bertz CT molecular complexity index is 260. The molecule has 11 heavy (non-hydrogen) atoms. The minimum Gasteiger partial charge on any atom is -0.340 e. The van der Waals surface area contributed by atoms with Crippen LogP contribution in [0, 0.1) is 0 Å². The molecule has 0 radical (unpaired) electrons. The molecule has 1 saturated carbocycles. The number of nitrogens with zero attached hydrogens (tertiary/aromatic N) is 2. The molecule has 3 nitrogen and oxygen atoms in total. The highest BCUT2D eigenvalue weighted by atomic mass is 15.0. The molecule has 0 spiro atoms. The number of aromatic nitrogens is 2. The summed E-state index contributed by atoms with van der Waals surface area (Å²) in [6.45, 7) is 0. The van der Waals surface area contributed by atoms with E-state index in [1.807, 2.05) is 24.1 Å². The normalized spacial score (nSPS) is 21.3. The van der Waals surface area contributed by atoms with Gasteiger partial charge in [0, 0.05) is 13.2 Å². The Balaban J connectivity index is 2.28. The Morgan fingerprint density at radius 2 is 2.36 bits per heavy atom. The maximum Gasteiger partial charge on any atom is 0.0947 e. The summed E-state index contributed by atoms with van der Waals surface area (Å²) < 4.78 is 1.95. The summed E-state index contributed by atoms with van der Waals surface area (Å²) in [6.07, 6.45) is 7.24. The molecule has 0 aromatic carbocycles. The topological polar surface area (TPSA) is 43.8 Å². The molecule has 0 saturated heterocycles. The molecular weight excluding hydrogens is 138 g/mol. The first kappa shape index (κ1) is 6.85. The number of imidazole rings is 1. The minimum atomic E-state index is -0.0960. The van der Waals surface area contributed by atoms with Gasteiger partial charge in [0.15, 0.2) is 0 Å². The molecule has 1 heterocycles. The van der Waals surface area contributed by atoms with Gasteiger partial charge in [-0.25, -0.2) is 4.98 Å². The molecule has 3 heteroatoms. The average Bonchev–Trinajstić information content (AvgIpc) is 2.31. The first-order chi connectivity index (χ1) is 5.21. The number of hydrogen-bond acceptors (Lipinski definition) is 2. The van der Waals surface area contributed by atoms with Crippen LogP contribution in [-0.2, 0) is 12.6 Å². The van der Waals surface area contributed by atoms with Crippen molar-refractivity contribution in [1.82, 2.24) is 9.55 Å². The average molecular weight is 151 g/mol. The molecule has 0 unspecified atom stereocenters.